The van der Waals surface area contributed by atoms with Crippen molar-refractivity contribution in [3.8, 4) is 6.07 Å². The van der Waals surface area contributed by atoms with Crippen LogP contribution in [0.4, 0.5) is 0 Å². The van der Waals surface area contributed by atoms with Gasteiger partial charge in [0.15, 0.2) is 9.84 Å². The summed E-state index contributed by atoms with van der Waals surface area (Å²) < 4.78 is 23.0. The van der Waals surface area contributed by atoms with Crippen molar-refractivity contribution < 1.29 is 8.42 Å². The molecule has 80 valence electrons. The zero-order valence-electron chi connectivity index (χ0n) is 7.17. The SMILES string of the molecule is N#CCS(=O)(=O)c1cc(Cl)c(Cl)cc1Cl. The molecule has 0 spiro atoms. The van der Waals surface area contributed by atoms with Gasteiger partial charge in [0.2, 0.25) is 0 Å². The minimum absolute atomic E-state index is 0.0420. The maximum absolute atomic E-state index is 11.5. The van der Waals surface area contributed by atoms with Crippen LogP contribution in [0.5, 0.6) is 0 Å². The van der Waals surface area contributed by atoms with Gasteiger partial charge in [-0.3, -0.25) is 0 Å². The van der Waals surface area contributed by atoms with Crippen LogP contribution in [0.1, 0.15) is 0 Å². The average Bonchev–Trinajstić information content (AvgIpc) is 2.11. The molecular formula is C8H4Cl3NO2S. The fraction of sp³-hybridized carbons (Fsp3) is 0.125. The summed E-state index contributed by atoms with van der Waals surface area (Å²) in [7, 11) is -3.72. The largest absolute Gasteiger partial charge is 0.223 e. The van der Waals surface area contributed by atoms with E-state index in [9.17, 15) is 8.42 Å². The van der Waals surface area contributed by atoms with Gasteiger partial charge in [0.25, 0.3) is 0 Å². The fourth-order valence-electron chi connectivity index (χ4n) is 0.905. The first-order chi connectivity index (χ1) is 6.88. The smallest absolute Gasteiger partial charge is 0.193 e. The Morgan fingerprint density at radius 2 is 1.67 bits per heavy atom. The molecule has 0 atom stereocenters. The lowest BCUT2D eigenvalue weighted by Gasteiger charge is -2.04. The molecule has 15 heavy (non-hydrogen) atoms. The average molecular weight is 285 g/mol. The summed E-state index contributed by atoms with van der Waals surface area (Å²) in [6.07, 6.45) is 0. The Morgan fingerprint density at radius 3 is 2.20 bits per heavy atom. The van der Waals surface area contributed by atoms with Crippen LogP contribution in [-0.2, 0) is 9.84 Å². The summed E-state index contributed by atoms with van der Waals surface area (Å²) in [6, 6.07) is 3.91. The van der Waals surface area contributed by atoms with Crippen molar-refractivity contribution >= 4 is 44.6 Å². The van der Waals surface area contributed by atoms with Crippen molar-refractivity contribution in [2.24, 2.45) is 0 Å². The van der Waals surface area contributed by atoms with Gasteiger partial charge in [0.1, 0.15) is 5.75 Å². The van der Waals surface area contributed by atoms with Crippen LogP contribution in [-0.4, -0.2) is 14.2 Å². The van der Waals surface area contributed by atoms with Crippen molar-refractivity contribution in [1.29, 1.82) is 5.26 Å². The van der Waals surface area contributed by atoms with E-state index < -0.39 is 15.6 Å². The van der Waals surface area contributed by atoms with E-state index in [2.05, 4.69) is 0 Å². The standard InChI is InChI=1S/C8H4Cl3NO2S/c9-5-3-7(11)8(4-6(5)10)15(13,14)2-1-12/h3-4H,2H2. The van der Waals surface area contributed by atoms with Gasteiger partial charge in [-0.2, -0.15) is 5.26 Å². The molecule has 0 aromatic heterocycles. The molecular weight excluding hydrogens is 281 g/mol. The molecule has 1 aromatic carbocycles. The third-order valence-corrected chi connectivity index (χ3v) is 4.23. The van der Waals surface area contributed by atoms with Crippen LogP contribution in [0.2, 0.25) is 15.1 Å². The number of nitrogens with zero attached hydrogens (tertiary/aromatic N) is 1. The maximum atomic E-state index is 11.5. The molecule has 0 bridgehead atoms. The third-order valence-electron chi connectivity index (χ3n) is 1.56. The molecule has 0 aliphatic rings. The minimum atomic E-state index is -3.72. The van der Waals surface area contributed by atoms with Gasteiger partial charge in [0.05, 0.1) is 26.0 Å². The first-order valence-corrected chi connectivity index (χ1v) is 6.41. The molecule has 0 saturated carbocycles. The number of benzene rings is 1. The topological polar surface area (TPSA) is 57.9 Å². The third kappa shape index (κ3) is 2.76. The number of sulfone groups is 1. The van der Waals surface area contributed by atoms with Gasteiger partial charge in [-0.05, 0) is 12.1 Å². The highest BCUT2D eigenvalue weighted by Gasteiger charge is 2.19. The second-order valence-corrected chi connectivity index (χ2v) is 5.79. The molecule has 7 heteroatoms. The monoisotopic (exact) mass is 283 g/mol. The highest BCUT2D eigenvalue weighted by Crippen LogP contribution is 2.31. The van der Waals surface area contributed by atoms with Gasteiger partial charge in [-0.15, -0.1) is 0 Å². The lowest BCUT2D eigenvalue weighted by atomic mass is 10.4. The molecule has 0 unspecified atom stereocenters. The predicted octanol–water partition coefficient (Wildman–Crippen LogP) is 2.94. The second-order valence-electron chi connectivity index (χ2n) is 2.61. The Bertz CT molecular complexity index is 534. The van der Waals surface area contributed by atoms with Gasteiger partial charge < -0.3 is 0 Å². The normalized spacial score (nSPS) is 11.1. The molecule has 0 amide bonds. The number of nitriles is 1. The number of hydrogen-bond acceptors (Lipinski definition) is 3. The molecule has 0 N–H and O–H groups in total. The van der Waals surface area contributed by atoms with E-state index in [-0.39, 0.29) is 20.0 Å². The summed E-state index contributed by atoms with van der Waals surface area (Å²) in [6.45, 7) is 0. The summed E-state index contributed by atoms with van der Waals surface area (Å²) in [5.41, 5.74) is 0. The molecule has 0 fully saturated rings. The molecule has 0 saturated heterocycles. The second kappa shape index (κ2) is 4.58. The molecule has 0 heterocycles. The van der Waals surface area contributed by atoms with Crippen LogP contribution in [0.25, 0.3) is 0 Å². The highest BCUT2D eigenvalue weighted by molar-refractivity contribution is 7.91. The zero-order valence-corrected chi connectivity index (χ0v) is 10.3. The van der Waals surface area contributed by atoms with E-state index in [1.54, 1.807) is 6.07 Å². The Morgan fingerprint density at radius 1 is 1.13 bits per heavy atom. The van der Waals surface area contributed by atoms with Crippen molar-refractivity contribution in [2.45, 2.75) is 4.90 Å². The van der Waals surface area contributed by atoms with Gasteiger partial charge >= 0.3 is 0 Å². The number of halogens is 3. The van der Waals surface area contributed by atoms with Crippen LogP contribution in [0, 0.1) is 11.3 Å². The number of rotatable bonds is 2. The Labute approximate surface area is 102 Å². The van der Waals surface area contributed by atoms with E-state index in [0.29, 0.717) is 0 Å². The van der Waals surface area contributed by atoms with Crippen molar-refractivity contribution in [1.82, 2.24) is 0 Å². The van der Waals surface area contributed by atoms with E-state index in [1.807, 2.05) is 0 Å². The summed E-state index contributed by atoms with van der Waals surface area (Å²) in [4.78, 5) is -0.180. The summed E-state index contributed by atoms with van der Waals surface area (Å²) in [5.74, 6) is -0.648. The van der Waals surface area contributed by atoms with Crippen LogP contribution in [0.15, 0.2) is 17.0 Å². The molecule has 1 aromatic rings. The van der Waals surface area contributed by atoms with E-state index >= 15 is 0 Å². The molecule has 0 aliphatic carbocycles. The summed E-state index contributed by atoms with van der Waals surface area (Å²) in [5, 5.41) is 8.55. The van der Waals surface area contributed by atoms with Crippen molar-refractivity contribution in [3.05, 3.63) is 27.2 Å². The Balaban J connectivity index is 3.41. The first-order valence-electron chi connectivity index (χ1n) is 3.62. The van der Waals surface area contributed by atoms with E-state index in [0.717, 1.165) is 6.07 Å². The lowest BCUT2D eigenvalue weighted by Crippen LogP contribution is -2.05. The van der Waals surface area contributed by atoms with Gasteiger partial charge in [0, 0.05) is 0 Å². The van der Waals surface area contributed by atoms with Gasteiger partial charge in [-0.25, -0.2) is 8.42 Å². The Hall–Kier alpha value is -0.470. The van der Waals surface area contributed by atoms with E-state index in [4.69, 9.17) is 40.1 Å². The number of hydrogen-bond donors (Lipinski definition) is 0. The Kier molecular flexibility index (Phi) is 3.85. The zero-order chi connectivity index (χ0) is 11.6. The van der Waals surface area contributed by atoms with Crippen molar-refractivity contribution in [3.63, 3.8) is 0 Å². The van der Waals surface area contributed by atoms with Gasteiger partial charge in [-0.1, -0.05) is 34.8 Å². The first kappa shape index (κ1) is 12.6. The fourth-order valence-corrected chi connectivity index (χ4v) is 2.85. The molecule has 0 radical (unpaired) electrons. The minimum Gasteiger partial charge on any atom is -0.223 e. The van der Waals surface area contributed by atoms with Crippen LogP contribution in [0.3, 0.4) is 0 Å². The lowest BCUT2D eigenvalue weighted by molar-refractivity contribution is 0.599. The summed E-state index contributed by atoms with van der Waals surface area (Å²) >= 11 is 17.0. The van der Waals surface area contributed by atoms with E-state index in [1.165, 1.54) is 6.07 Å². The highest BCUT2D eigenvalue weighted by atomic mass is 35.5. The van der Waals surface area contributed by atoms with Crippen molar-refractivity contribution in [2.75, 3.05) is 5.75 Å². The molecule has 1 rings (SSSR count). The quantitative estimate of drug-likeness (QED) is 0.785. The maximum Gasteiger partial charge on any atom is 0.193 e. The van der Waals surface area contributed by atoms with Crippen LogP contribution < -0.4 is 0 Å². The molecule has 3 nitrogen and oxygen atoms in total. The van der Waals surface area contributed by atoms with Crippen LogP contribution >= 0.6 is 34.8 Å². The molecule has 0 aliphatic heterocycles. The predicted molar refractivity (Wildman–Crippen MR) is 59.1 cm³/mol.